The second-order valence-electron chi connectivity index (χ2n) is 11.4. The molecule has 12 nitrogen and oxygen atoms in total. The number of piperazine rings is 1. The highest BCUT2D eigenvalue weighted by Gasteiger charge is 2.36. The van der Waals surface area contributed by atoms with E-state index in [1.54, 1.807) is 19.0 Å². The molecule has 0 radical (unpaired) electrons. The lowest BCUT2D eigenvalue weighted by Crippen LogP contribution is -2.56. The molecular weight excluding hydrogens is 551 g/mol. The van der Waals surface area contributed by atoms with Crippen molar-refractivity contribution in [3.05, 3.63) is 53.1 Å². The van der Waals surface area contributed by atoms with E-state index in [-0.39, 0.29) is 31.3 Å². The van der Waals surface area contributed by atoms with E-state index in [0.717, 1.165) is 22.2 Å². The van der Waals surface area contributed by atoms with Crippen LogP contribution in [0.4, 0.5) is 16.2 Å². The number of nitriles is 1. The van der Waals surface area contributed by atoms with Gasteiger partial charge in [0.2, 0.25) is 11.9 Å². The minimum Gasteiger partial charge on any atom is -0.354 e. The molecule has 1 fully saturated rings. The van der Waals surface area contributed by atoms with E-state index in [9.17, 15) is 19.2 Å². The first-order chi connectivity index (χ1) is 20.6. The molecule has 226 valence electrons. The average Bonchev–Trinajstić information content (AvgIpc) is 3.45. The number of halogens is 1. The second-order valence-corrected chi connectivity index (χ2v) is 11.4. The van der Waals surface area contributed by atoms with E-state index < -0.39 is 17.8 Å². The van der Waals surface area contributed by atoms with Gasteiger partial charge in [0.15, 0.2) is 5.83 Å². The lowest BCUT2D eigenvalue weighted by molar-refractivity contribution is -0.131. The fourth-order valence-electron chi connectivity index (χ4n) is 6.06. The number of nitrogens with one attached hydrogen (secondary N) is 2. The van der Waals surface area contributed by atoms with Gasteiger partial charge < -0.3 is 20.0 Å². The summed E-state index contributed by atoms with van der Waals surface area (Å²) in [6.07, 6.45) is 2.83. The highest BCUT2D eigenvalue weighted by atomic mass is 19.1. The molecule has 0 aliphatic carbocycles. The molecule has 2 aliphatic rings. The van der Waals surface area contributed by atoms with Gasteiger partial charge in [-0.3, -0.25) is 19.6 Å². The summed E-state index contributed by atoms with van der Waals surface area (Å²) >= 11 is 0. The summed E-state index contributed by atoms with van der Waals surface area (Å²) in [6.45, 7) is 7.16. The van der Waals surface area contributed by atoms with E-state index in [1.165, 1.54) is 16.0 Å². The largest absolute Gasteiger partial charge is 0.354 e. The summed E-state index contributed by atoms with van der Waals surface area (Å²) in [4.78, 5) is 41.8. The van der Waals surface area contributed by atoms with Gasteiger partial charge in [-0.15, -0.1) is 0 Å². The van der Waals surface area contributed by atoms with Crippen molar-refractivity contribution >= 4 is 34.5 Å². The van der Waals surface area contributed by atoms with Gasteiger partial charge in [-0.2, -0.15) is 15.3 Å². The highest BCUT2D eigenvalue weighted by Crippen LogP contribution is 2.39. The van der Waals surface area contributed by atoms with Crippen molar-refractivity contribution in [3.8, 4) is 6.07 Å². The molecule has 2 aromatic heterocycles. The molecule has 1 unspecified atom stereocenters. The number of amides is 2. The van der Waals surface area contributed by atoms with Crippen molar-refractivity contribution in [1.29, 1.82) is 5.26 Å². The maximum Gasteiger partial charge on any atom is 0.282 e. The van der Waals surface area contributed by atoms with Crippen LogP contribution in [0.2, 0.25) is 0 Å². The predicted molar refractivity (Wildman–Crippen MR) is 161 cm³/mol. The molecule has 13 heteroatoms. The molecule has 43 heavy (non-hydrogen) atoms. The fraction of sp³-hybridized carbons (Fsp3) is 0.467. The monoisotopic (exact) mass is 588 g/mol. The van der Waals surface area contributed by atoms with Crippen LogP contribution < -0.4 is 10.2 Å². The molecular formula is C30H37FN10O2. The summed E-state index contributed by atoms with van der Waals surface area (Å²) in [5.41, 5.74) is 5.19. The number of nitrogens with zero attached hydrogens (tertiary/aromatic N) is 8. The van der Waals surface area contributed by atoms with Crippen molar-refractivity contribution in [3.63, 3.8) is 0 Å². The third-order valence-electron chi connectivity index (χ3n) is 8.34. The van der Waals surface area contributed by atoms with Crippen LogP contribution >= 0.6 is 0 Å². The number of anilines is 2. The molecule has 2 aliphatic heterocycles. The Labute approximate surface area is 250 Å². The van der Waals surface area contributed by atoms with Crippen LogP contribution in [-0.2, 0) is 22.6 Å². The van der Waals surface area contributed by atoms with Crippen molar-refractivity contribution in [2.75, 3.05) is 57.5 Å². The zero-order valence-corrected chi connectivity index (χ0v) is 25.0. The minimum absolute atomic E-state index is 0.00867. The van der Waals surface area contributed by atoms with Crippen LogP contribution in [0.5, 0.6) is 0 Å². The number of hydrogen-bond donors (Lipinski definition) is 2. The first kappa shape index (κ1) is 29.9. The molecule has 0 spiro atoms. The first-order valence-corrected chi connectivity index (χ1v) is 14.3. The van der Waals surface area contributed by atoms with E-state index in [0.29, 0.717) is 44.4 Å². The topological polar surface area (TPSA) is 137 Å². The molecule has 2 N–H and O–H groups in total. The quantitative estimate of drug-likeness (QED) is 0.381. The average molecular weight is 589 g/mol. The number of hydrogen-bond acceptors (Lipinski definition) is 9. The number of benzene rings is 1. The summed E-state index contributed by atoms with van der Waals surface area (Å²) < 4.78 is 13.8. The van der Waals surface area contributed by atoms with E-state index in [2.05, 4.69) is 58.0 Å². The number of fused-ring (bicyclic) bond motifs is 2. The van der Waals surface area contributed by atoms with Crippen molar-refractivity contribution in [1.82, 2.24) is 34.9 Å². The number of likely N-dealkylation sites (N-methyl/N-ethyl adjacent to an activating group) is 1. The first-order valence-electron chi connectivity index (χ1n) is 14.3. The SMILES string of the molecule is C=C(F)C(=O)N1CCN(c2nc(NCCC(=O)N(C)C)nc3c2CN(C)C(c2c(C)ccc4[nH]ncc24)C3)C[C@@H]1CC#N. The normalized spacial score (nSPS) is 18.7. The van der Waals surface area contributed by atoms with Gasteiger partial charge in [0.1, 0.15) is 5.82 Å². The van der Waals surface area contributed by atoms with Gasteiger partial charge >= 0.3 is 0 Å². The summed E-state index contributed by atoms with van der Waals surface area (Å²) in [5, 5.41) is 21.1. The fourth-order valence-corrected chi connectivity index (χ4v) is 6.06. The molecule has 0 bridgehead atoms. The van der Waals surface area contributed by atoms with Crippen molar-refractivity contribution in [2.45, 2.75) is 44.8 Å². The molecule has 2 atom stereocenters. The Morgan fingerprint density at radius 2 is 2.07 bits per heavy atom. The number of aryl methyl sites for hydroxylation is 1. The Bertz CT molecular complexity index is 1600. The third kappa shape index (κ3) is 6.01. The van der Waals surface area contributed by atoms with E-state index in [1.807, 2.05) is 12.3 Å². The van der Waals surface area contributed by atoms with Crippen LogP contribution in [-0.4, -0.2) is 100 Å². The van der Waals surface area contributed by atoms with Gasteiger partial charge in [0, 0.05) is 76.7 Å². The van der Waals surface area contributed by atoms with Gasteiger partial charge in [0.25, 0.3) is 5.91 Å². The Kier molecular flexibility index (Phi) is 8.59. The predicted octanol–water partition coefficient (Wildman–Crippen LogP) is 2.69. The molecule has 1 aromatic carbocycles. The smallest absolute Gasteiger partial charge is 0.282 e. The lowest BCUT2D eigenvalue weighted by Gasteiger charge is -2.43. The lowest BCUT2D eigenvalue weighted by atomic mass is 9.89. The maximum absolute atomic E-state index is 13.8. The van der Waals surface area contributed by atoms with Gasteiger partial charge in [-0.05, 0) is 31.2 Å². The van der Waals surface area contributed by atoms with Gasteiger partial charge in [0.05, 0.1) is 35.9 Å². The number of H-pyrrole nitrogens is 1. The molecule has 1 saturated heterocycles. The molecule has 3 aromatic rings. The second kappa shape index (κ2) is 12.3. The molecule has 5 rings (SSSR count). The Hall–Kier alpha value is -4.57. The summed E-state index contributed by atoms with van der Waals surface area (Å²) in [7, 11) is 5.52. The highest BCUT2D eigenvalue weighted by molar-refractivity contribution is 5.91. The van der Waals surface area contributed by atoms with Crippen LogP contribution in [0, 0.1) is 18.3 Å². The summed E-state index contributed by atoms with van der Waals surface area (Å²) in [6, 6.07) is 5.79. The number of rotatable bonds is 8. The van der Waals surface area contributed by atoms with E-state index in [4.69, 9.17) is 9.97 Å². The van der Waals surface area contributed by atoms with E-state index >= 15 is 0 Å². The van der Waals surface area contributed by atoms with Crippen LogP contribution in [0.3, 0.4) is 0 Å². The number of carbonyl (C=O) groups excluding carboxylic acids is 2. The minimum atomic E-state index is -1.04. The number of aromatic nitrogens is 4. The number of aromatic amines is 1. The summed E-state index contributed by atoms with van der Waals surface area (Å²) in [5.74, 6) is -0.710. The van der Waals surface area contributed by atoms with Gasteiger partial charge in [-0.1, -0.05) is 12.6 Å². The molecule has 4 heterocycles. The maximum atomic E-state index is 13.8. The van der Waals surface area contributed by atoms with Crippen molar-refractivity contribution in [2.24, 2.45) is 0 Å². The zero-order chi connectivity index (χ0) is 30.8. The molecule has 0 saturated carbocycles. The molecule has 2 amide bonds. The Balaban J connectivity index is 1.51. The van der Waals surface area contributed by atoms with Gasteiger partial charge in [-0.25, -0.2) is 9.37 Å². The number of carbonyl (C=O) groups is 2. The standard InChI is InChI=1S/C30H37FN10O2/c1-18-6-7-23-21(15-34-37-23)27(18)25-14-24-22(17-39(25)5)28(36-30(35-24)33-11-9-26(42)38(3)4)40-12-13-41(29(43)19(2)31)20(16-40)8-10-32/h6-7,15,20,25H,2,8-9,11-14,16-17H2,1,3-5H3,(H,34,37)(H,33,35,36)/t20-,25?/m0/s1. The van der Waals surface area contributed by atoms with Crippen LogP contribution in [0.15, 0.2) is 30.7 Å². The van der Waals surface area contributed by atoms with Crippen LogP contribution in [0.25, 0.3) is 10.9 Å². The Morgan fingerprint density at radius 3 is 2.79 bits per heavy atom. The third-order valence-corrected chi connectivity index (χ3v) is 8.34. The zero-order valence-electron chi connectivity index (χ0n) is 25.0. The van der Waals surface area contributed by atoms with Crippen LogP contribution in [0.1, 0.15) is 41.3 Å². The Morgan fingerprint density at radius 1 is 1.28 bits per heavy atom. The van der Waals surface area contributed by atoms with Crippen molar-refractivity contribution < 1.29 is 14.0 Å².